The van der Waals surface area contributed by atoms with Gasteiger partial charge in [-0.2, -0.15) is 0 Å². The van der Waals surface area contributed by atoms with E-state index < -0.39 is 5.97 Å². The molecule has 1 fully saturated rings. The molecular weight excluding hydrogens is 330 g/mol. The number of nitrogens with zero attached hydrogens (tertiary/aromatic N) is 2. The first-order chi connectivity index (χ1) is 12.6. The van der Waals surface area contributed by atoms with E-state index in [0.29, 0.717) is 12.5 Å². The summed E-state index contributed by atoms with van der Waals surface area (Å²) in [6.07, 6.45) is 6.70. The van der Waals surface area contributed by atoms with E-state index in [9.17, 15) is 9.59 Å². The molecule has 26 heavy (non-hydrogen) atoms. The summed E-state index contributed by atoms with van der Waals surface area (Å²) in [6, 6.07) is 10.5. The molecule has 1 aliphatic heterocycles. The molecule has 2 aromatic rings. The van der Waals surface area contributed by atoms with E-state index in [2.05, 4.69) is 16.4 Å². The summed E-state index contributed by atoms with van der Waals surface area (Å²) < 4.78 is 0. The lowest BCUT2D eigenvalue weighted by atomic mass is 9.91. The van der Waals surface area contributed by atoms with Crippen LogP contribution in [0.3, 0.4) is 0 Å². The summed E-state index contributed by atoms with van der Waals surface area (Å²) >= 11 is 0. The van der Waals surface area contributed by atoms with Crippen LogP contribution in [-0.4, -0.2) is 40.1 Å². The van der Waals surface area contributed by atoms with Gasteiger partial charge in [-0.05, 0) is 54.5 Å². The Hall–Kier alpha value is -2.89. The summed E-state index contributed by atoms with van der Waals surface area (Å²) in [7, 11) is 0. The van der Waals surface area contributed by atoms with E-state index in [-0.39, 0.29) is 11.6 Å². The van der Waals surface area contributed by atoms with Crippen molar-refractivity contribution >= 4 is 12.0 Å². The molecule has 0 atom stereocenters. The fourth-order valence-electron chi connectivity index (χ4n) is 3.25. The zero-order chi connectivity index (χ0) is 18.4. The van der Waals surface area contributed by atoms with Crippen molar-refractivity contribution in [1.82, 2.24) is 15.2 Å². The van der Waals surface area contributed by atoms with Gasteiger partial charge in [0.2, 0.25) is 0 Å². The van der Waals surface area contributed by atoms with Gasteiger partial charge >= 0.3 is 12.0 Å². The van der Waals surface area contributed by atoms with E-state index in [4.69, 9.17) is 5.11 Å². The lowest BCUT2D eigenvalue weighted by Gasteiger charge is -2.32. The monoisotopic (exact) mass is 353 g/mol. The number of carbonyl (C=O) groups is 2. The molecule has 0 spiro atoms. The molecule has 0 radical (unpaired) electrons. The first kappa shape index (κ1) is 17.9. The van der Waals surface area contributed by atoms with Crippen LogP contribution >= 0.6 is 0 Å². The average Bonchev–Trinajstić information content (AvgIpc) is 2.68. The Balaban J connectivity index is 1.42. The molecule has 1 aliphatic rings. The molecule has 6 nitrogen and oxygen atoms in total. The highest BCUT2D eigenvalue weighted by atomic mass is 16.4. The average molecular weight is 353 g/mol. The second-order valence-corrected chi connectivity index (χ2v) is 6.66. The summed E-state index contributed by atoms with van der Waals surface area (Å²) in [5.74, 6) is -0.360. The number of aromatic carboxylic acids is 1. The number of urea groups is 1. The molecule has 1 aromatic heterocycles. The standard InChI is InChI=1S/C20H23N3O3/c24-19(25)18-5-3-16(4-6-18)14-22-20(26)23-10-7-15(8-11-23)12-17-2-1-9-21-13-17/h1-6,9,13,15H,7-8,10-12,14H2,(H,22,26)(H,24,25). The number of likely N-dealkylation sites (tertiary alicyclic amines) is 1. The van der Waals surface area contributed by atoms with Crippen LogP contribution in [0.4, 0.5) is 4.79 Å². The minimum Gasteiger partial charge on any atom is -0.478 e. The Morgan fingerprint density at radius 2 is 1.85 bits per heavy atom. The number of carboxylic acids is 1. The lowest BCUT2D eigenvalue weighted by molar-refractivity contribution is 0.0697. The Morgan fingerprint density at radius 3 is 2.46 bits per heavy atom. The highest BCUT2D eigenvalue weighted by Gasteiger charge is 2.22. The summed E-state index contributed by atoms with van der Waals surface area (Å²) in [6.45, 7) is 1.91. The van der Waals surface area contributed by atoms with Crippen molar-refractivity contribution in [2.75, 3.05) is 13.1 Å². The van der Waals surface area contributed by atoms with Crippen molar-refractivity contribution in [2.45, 2.75) is 25.8 Å². The molecule has 0 aliphatic carbocycles. The third-order valence-electron chi connectivity index (χ3n) is 4.79. The van der Waals surface area contributed by atoms with E-state index >= 15 is 0 Å². The number of hydrogen-bond acceptors (Lipinski definition) is 3. The minimum atomic E-state index is -0.949. The van der Waals surface area contributed by atoms with Crippen LogP contribution in [0.1, 0.15) is 34.3 Å². The molecule has 1 aromatic carbocycles. The zero-order valence-electron chi connectivity index (χ0n) is 14.6. The van der Waals surface area contributed by atoms with Gasteiger partial charge in [-0.15, -0.1) is 0 Å². The number of carbonyl (C=O) groups excluding carboxylic acids is 1. The van der Waals surface area contributed by atoms with Crippen molar-refractivity contribution in [3.05, 3.63) is 65.5 Å². The van der Waals surface area contributed by atoms with Crippen LogP contribution < -0.4 is 5.32 Å². The first-order valence-electron chi connectivity index (χ1n) is 8.86. The number of benzene rings is 1. The fourth-order valence-corrected chi connectivity index (χ4v) is 3.25. The van der Waals surface area contributed by atoms with Gasteiger partial charge in [-0.1, -0.05) is 18.2 Å². The van der Waals surface area contributed by atoms with Crippen LogP contribution in [0.5, 0.6) is 0 Å². The van der Waals surface area contributed by atoms with E-state index in [1.807, 2.05) is 17.2 Å². The molecule has 0 bridgehead atoms. The van der Waals surface area contributed by atoms with Crippen molar-refractivity contribution in [2.24, 2.45) is 5.92 Å². The van der Waals surface area contributed by atoms with Gasteiger partial charge in [0.05, 0.1) is 5.56 Å². The van der Waals surface area contributed by atoms with Gasteiger partial charge in [-0.3, -0.25) is 4.98 Å². The van der Waals surface area contributed by atoms with Crippen LogP contribution in [0.15, 0.2) is 48.8 Å². The van der Waals surface area contributed by atoms with Crippen molar-refractivity contribution < 1.29 is 14.7 Å². The molecular formula is C20H23N3O3. The Bertz CT molecular complexity index is 739. The highest BCUT2D eigenvalue weighted by molar-refractivity contribution is 5.87. The second-order valence-electron chi connectivity index (χ2n) is 6.66. The second kappa shape index (κ2) is 8.47. The zero-order valence-corrected chi connectivity index (χ0v) is 14.6. The largest absolute Gasteiger partial charge is 0.478 e. The quantitative estimate of drug-likeness (QED) is 0.866. The van der Waals surface area contributed by atoms with Gasteiger partial charge in [0.1, 0.15) is 0 Å². The maximum atomic E-state index is 12.3. The Labute approximate surface area is 152 Å². The van der Waals surface area contributed by atoms with E-state index in [0.717, 1.165) is 37.9 Å². The molecule has 3 rings (SSSR count). The van der Waals surface area contributed by atoms with E-state index in [1.54, 1.807) is 30.5 Å². The molecule has 2 amide bonds. The smallest absolute Gasteiger partial charge is 0.335 e. The molecule has 6 heteroatoms. The number of pyridine rings is 1. The number of hydrogen-bond donors (Lipinski definition) is 2. The number of nitrogens with one attached hydrogen (secondary N) is 1. The van der Waals surface area contributed by atoms with Gasteiger partial charge < -0.3 is 15.3 Å². The summed E-state index contributed by atoms with van der Waals surface area (Å²) in [5.41, 5.74) is 2.38. The number of rotatable bonds is 5. The molecule has 2 N–H and O–H groups in total. The predicted octanol–water partition coefficient (Wildman–Crippen LogP) is 2.94. The maximum Gasteiger partial charge on any atom is 0.335 e. The van der Waals surface area contributed by atoms with Gasteiger partial charge in [0, 0.05) is 32.0 Å². The van der Waals surface area contributed by atoms with Gasteiger partial charge in [-0.25, -0.2) is 9.59 Å². The predicted molar refractivity (Wildman–Crippen MR) is 97.9 cm³/mol. The van der Waals surface area contributed by atoms with E-state index in [1.165, 1.54) is 5.56 Å². The molecule has 0 unspecified atom stereocenters. The lowest BCUT2D eigenvalue weighted by Crippen LogP contribution is -2.44. The maximum absolute atomic E-state index is 12.3. The number of piperidine rings is 1. The molecule has 0 saturated carbocycles. The Kier molecular flexibility index (Phi) is 5.84. The number of amides is 2. The minimum absolute atomic E-state index is 0.0628. The number of carboxylic acid groups (broad SMARTS) is 1. The molecule has 2 heterocycles. The van der Waals surface area contributed by atoms with Gasteiger partial charge in [0.15, 0.2) is 0 Å². The van der Waals surface area contributed by atoms with Crippen LogP contribution in [0, 0.1) is 5.92 Å². The third kappa shape index (κ3) is 4.81. The van der Waals surface area contributed by atoms with Crippen LogP contribution in [0.2, 0.25) is 0 Å². The van der Waals surface area contributed by atoms with Crippen LogP contribution in [0.25, 0.3) is 0 Å². The van der Waals surface area contributed by atoms with Crippen molar-refractivity contribution in [3.63, 3.8) is 0 Å². The first-order valence-corrected chi connectivity index (χ1v) is 8.86. The summed E-state index contributed by atoms with van der Waals surface area (Å²) in [4.78, 5) is 29.2. The fraction of sp³-hybridized carbons (Fsp3) is 0.350. The van der Waals surface area contributed by atoms with Gasteiger partial charge in [0.25, 0.3) is 0 Å². The Morgan fingerprint density at radius 1 is 1.12 bits per heavy atom. The summed E-state index contributed by atoms with van der Waals surface area (Å²) in [5, 5.41) is 11.8. The number of aromatic nitrogens is 1. The highest BCUT2D eigenvalue weighted by Crippen LogP contribution is 2.21. The normalized spacial score (nSPS) is 14.8. The topological polar surface area (TPSA) is 82.5 Å². The third-order valence-corrected chi connectivity index (χ3v) is 4.79. The van der Waals surface area contributed by atoms with Crippen LogP contribution in [-0.2, 0) is 13.0 Å². The molecule has 1 saturated heterocycles. The van der Waals surface area contributed by atoms with Crippen molar-refractivity contribution in [1.29, 1.82) is 0 Å². The SMILES string of the molecule is O=C(O)c1ccc(CNC(=O)N2CCC(Cc3cccnc3)CC2)cc1. The van der Waals surface area contributed by atoms with Crippen molar-refractivity contribution in [3.8, 4) is 0 Å². The molecule has 136 valence electrons.